The highest BCUT2D eigenvalue weighted by molar-refractivity contribution is 5.71. The molecule has 1 N–H and O–H groups in total. The van der Waals surface area contributed by atoms with Crippen molar-refractivity contribution in [3.8, 4) is 0 Å². The van der Waals surface area contributed by atoms with Crippen LogP contribution in [0.5, 0.6) is 0 Å². The van der Waals surface area contributed by atoms with Gasteiger partial charge >= 0.3 is 5.97 Å². The minimum atomic E-state index is -0.454. The van der Waals surface area contributed by atoms with Gasteiger partial charge in [-0.25, -0.2) is 0 Å². The number of carbonyl (C=O) groups is 1. The van der Waals surface area contributed by atoms with Crippen LogP contribution < -0.4 is 0 Å². The van der Waals surface area contributed by atoms with Crippen molar-refractivity contribution in [3.63, 3.8) is 0 Å². The summed E-state index contributed by atoms with van der Waals surface area (Å²) in [5, 5.41) is 10.5. The molecule has 1 aliphatic heterocycles. The van der Waals surface area contributed by atoms with E-state index in [1.54, 1.807) is 0 Å². The predicted octanol–water partition coefficient (Wildman–Crippen LogP) is 0.786. The van der Waals surface area contributed by atoms with Crippen LogP contribution in [-0.4, -0.2) is 48.3 Å². The number of ether oxygens (including phenoxy) is 1. The molecule has 92 valence electrons. The Hall–Kier alpha value is -0.610. The third-order valence-electron chi connectivity index (χ3n) is 4.09. The smallest absolute Gasteiger partial charge is 0.319 e. The Balaban J connectivity index is 1.91. The lowest BCUT2D eigenvalue weighted by Gasteiger charge is -2.47. The van der Waals surface area contributed by atoms with E-state index in [2.05, 4.69) is 9.64 Å². The number of fused-ring (bicyclic) bond motifs is 1. The van der Waals surface area contributed by atoms with E-state index in [4.69, 9.17) is 0 Å². The molecule has 2 fully saturated rings. The number of likely N-dealkylation sites (tertiary alicyclic amines) is 1. The van der Waals surface area contributed by atoms with Gasteiger partial charge in [0.1, 0.15) is 0 Å². The average molecular weight is 227 g/mol. The molecule has 0 aromatic heterocycles. The highest BCUT2D eigenvalue weighted by Gasteiger charge is 2.42. The summed E-state index contributed by atoms with van der Waals surface area (Å²) in [6.07, 6.45) is 5.18. The number of hydrogen-bond donors (Lipinski definition) is 1. The van der Waals surface area contributed by atoms with Gasteiger partial charge in [0, 0.05) is 19.0 Å². The van der Waals surface area contributed by atoms with Crippen LogP contribution in [0.2, 0.25) is 0 Å². The molecule has 1 saturated heterocycles. The summed E-state index contributed by atoms with van der Waals surface area (Å²) < 4.78 is 4.67. The van der Waals surface area contributed by atoms with Crippen LogP contribution in [-0.2, 0) is 9.53 Å². The van der Waals surface area contributed by atoms with Gasteiger partial charge in [0.2, 0.25) is 0 Å². The second kappa shape index (κ2) is 4.72. The molecule has 2 unspecified atom stereocenters. The number of nitrogens with zero attached hydrogens (tertiary/aromatic N) is 1. The highest BCUT2D eigenvalue weighted by Crippen LogP contribution is 2.39. The van der Waals surface area contributed by atoms with E-state index < -0.39 is 5.60 Å². The fourth-order valence-electron chi connectivity index (χ4n) is 3.03. The van der Waals surface area contributed by atoms with Gasteiger partial charge in [0.05, 0.1) is 19.3 Å². The topological polar surface area (TPSA) is 49.8 Å². The Labute approximate surface area is 96.6 Å². The first-order valence-electron chi connectivity index (χ1n) is 6.15. The first kappa shape index (κ1) is 11.9. The first-order valence-corrected chi connectivity index (χ1v) is 6.15. The standard InChI is InChI=1S/C12H21NO3/c1-16-11(14)9-13-7-6-12(15)5-3-2-4-10(12)8-13/h10,15H,2-9H2,1H3. The van der Waals surface area contributed by atoms with E-state index in [0.717, 1.165) is 38.8 Å². The van der Waals surface area contributed by atoms with Crippen LogP contribution in [0.15, 0.2) is 0 Å². The molecule has 2 rings (SSSR count). The normalized spacial score (nSPS) is 35.5. The van der Waals surface area contributed by atoms with E-state index in [1.165, 1.54) is 13.5 Å². The lowest BCUT2D eigenvalue weighted by molar-refractivity contribution is -0.145. The summed E-state index contributed by atoms with van der Waals surface area (Å²) >= 11 is 0. The lowest BCUT2D eigenvalue weighted by atomic mass is 9.71. The number of rotatable bonds is 2. The molecule has 1 heterocycles. The second-order valence-electron chi connectivity index (χ2n) is 5.11. The van der Waals surface area contributed by atoms with Crippen LogP contribution in [0.3, 0.4) is 0 Å². The van der Waals surface area contributed by atoms with Crippen molar-refractivity contribution in [3.05, 3.63) is 0 Å². The lowest BCUT2D eigenvalue weighted by Crippen LogP contribution is -2.54. The van der Waals surface area contributed by atoms with E-state index in [-0.39, 0.29) is 5.97 Å². The van der Waals surface area contributed by atoms with Crippen LogP contribution in [0.4, 0.5) is 0 Å². The Morgan fingerprint density at radius 2 is 2.31 bits per heavy atom. The molecule has 4 heteroatoms. The summed E-state index contributed by atoms with van der Waals surface area (Å²) in [5.74, 6) is 0.168. The van der Waals surface area contributed by atoms with Crippen molar-refractivity contribution in [2.45, 2.75) is 37.7 Å². The van der Waals surface area contributed by atoms with Crippen molar-refractivity contribution in [2.75, 3.05) is 26.7 Å². The van der Waals surface area contributed by atoms with Crippen molar-refractivity contribution in [2.24, 2.45) is 5.92 Å². The molecule has 2 atom stereocenters. The summed E-state index contributed by atoms with van der Waals surface area (Å²) in [6, 6.07) is 0. The fourth-order valence-corrected chi connectivity index (χ4v) is 3.03. The third kappa shape index (κ3) is 2.38. The van der Waals surface area contributed by atoms with Gasteiger partial charge in [0.15, 0.2) is 0 Å². The minimum absolute atomic E-state index is 0.179. The van der Waals surface area contributed by atoms with Crippen molar-refractivity contribution in [1.29, 1.82) is 0 Å². The Morgan fingerprint density at radius 3 is 3.06 bits per heavy atom. The van der Waals surface area contributed by atoms with Gasteiger partial charge in [-0.3, -0.25) is 9.69 Å². The Bertz CT molecular complexity index is 269. The molecule has 0 bridgehead atoms. The molecular weight excluding hydrogens is 206 g/mol. The molecule has 0 amide bonds. The van der Waals surface area contributed by atoms with Gasteiger partial charge in [-0.05, 0) is 19.3 Å². The van der Waals surface area contributed by atoms with Gasteiger partial charge in [-0.2, -0.15) is 0 Å². The zero-order valence-corrected chi connectivity index (χ0v) is 9.95. The Morgan fingerprint density at radius 1 is 1.50 bits per heavy atom. The number of aliphatic hydroxyl groups is 1. The van der Waals surface area contributed by atoms with Gasteiger partial charge in [-0.1, -0.05) is 12.8 Å². The van der Waals surface area contributed by atoms with Crippen LogP contribution in [0, 0.1) is 5.92 Å². The van der Waals surface area contributed by atoms with E-state index in [9.17, 15) is 9.90 Å². The summed E-state index contributed by atoms with van der Waals surface area (Å²) in [6.45, 7) is 2.01. The minimum Gasteiger partial charge on any atom is -0.468 e. The monoisotopic (exact) mass is 227 g/mol. The highest BCUT2D eigenvalue weighted by atomic mass is 16.5. The number of esters is 1. The van der Waals surface area contributed by atoms with Crippen molar-refractivity contribution >= 4 is 5.97 Å². The quantitative estimate of drug-likeness (QED) is 0.708. The SMILES string of the molecule is COC(=O)CN1CCC2(O)CCCCC2C1. The molecule has 0 aromatic rings. The second-order valence-corrected chi connectivity index (χ2v) is 5.11. The summed E-state index contributed by atoms with van der Waals surface area (Å²) in [4.78, 5) is 13.3. The number of carbonyl (C=O) groups excluding carboxylic acids is 1. The predicted molar refractivity (Wildman–Crippen MR) is 60.0 cm³/mol. The molecule has 16 heavy (non-hydrogen) atoms. The van der Waals surface area contributed by atoms with Gasteiger partial charge in [0.25, 0.3) is 0 Å². The van der Waals surface area contributed by atoms with E-state index in [1.807, 2.05) is 0 Å². The maximum absolute atomic E-state index is 11.2. The largest absolute Gasteiger partial charge is 0.468 e. The van der Waals surface area contributed by atoms with Crippen LogP contribution in [0.25, 0.3) is 0 Å². The molecule has 1 saturated carbocycles. The molecule has 2 aliphatic rings. The first-order chi connectivity index (χ1) is 7.64. The number of methoxy groups -OCH3 is 1. The van der Waals surface area contributed by atoms with Crippen LogP contribution >= 0.6 is 0 Å². The summed E-state index contributed by atoms with van der Waals surface area (Å²) in [7, 11) is 1.42. The zero-order valence-electron chi connectivity index (χ0n) is 9.95. The van der Waals surface area contributed by atoms with Crippen molar-refractivity contribution < 1.29 is 14.6 Å². The third-order valence-corrected chi connectivity index (χ3v) is 4.09. The number of hydrogen-bond acceptors (Lipinski definition) is 4. The maximum Gasteiger partial charge on any atom is 0.319 e. The molecular formula is C12H21NO3. The Kier molecular flexibility index (Phi) is 3.50. The summed E-state index contributed by atoms with van der Waals surface area (Å²) in [5.41, 5.74) is -0.454. The average Bonchev–Trinajstić information content (AvgIpc) is 2.29. The maximum atomic E-state index is 11.2. The molecule has 1 aliphatic carbocycles. The molecule has 0 spiro atoms. The molecule has 0 aromatic carbocycles. The molecule has 4 nitrogen and oxygen atoms in total. The van der Waals surface area contributed by atoms with E-state index >= 15 is 0 Å². The number of piperidine rings is 1. The van der Waals surface area contributed by atoms with Gasteiger partial charge < -0.3 is 9.84 Å². The van der Waals surface area contributed by atoms with Gasteiger partial charge in [-0.15, -0.1) is 0 Å². The fraction of sp³-hybridized carbons (Fsp3) is 0.917. The van der Waals surface area contributed by atoms with Crippen molar-refractivity contribution in [1.82, 2.24) is 4.90 Å². The van der Waals surface area contributed by atoms with Crippen LogP contribution in [0.1, 0.15) is 32.1 Å². The molecule has 0 radical (unpaired) electrons. The zero-order chi connectivity index (χ0) is 11.6. The van der Waals surface area contributed by atoms with E-state index in [0.29, 0.717) is 12.5 Å².